The van der Waals surface area contributed by atoms with Gasteiger partial charge < -0.3 is 23.9 Å². The van der Waals surface area contributed by atoms with Crippen molar-refractivity contribution < 1.29 is 19.3 Å². The van der Waals surface area contributed by atoms with E-state index >= 15 is 0 Å². The molecule has 1 atom stereocenters. The summed E-state index contributed by atoms with van der Waals surface area (Å²) in [6.07, 6.45) is 5.41. The molecular formula is C24H30N2O4. The zero-order valence-electron chi connectivity index (χ0n) is 17.7. The van der Waals surface area contributed by atoms with E-state index in [0.29, 0.717) is 29.7 Å². The average Bonchev–Trinajstić information content (AvgIpc) is 3.16. The summed E-state index contributed by atoms with van der Waals surface area (Å²) in [5, 5.41) is 10.8. The van der Waals surface area contributed by atoms with Gasteiger partial charge in [0.1, 0.15) is 18.5 Å². The molecule has 1 heterocycles. The minimum absolute atomic E-state index is 0.132. The molecule has 0 saturated heterocycles. The Hall–Kier alpha value is -2.73. The molecule has 0 spiro atoms. The minimum Gasteiger partial charge on any atom is -0.493 e. The van der Waals surface area contributed by atoms with E-state index < -0.39 is 6.10 Å². The molecular weight excluding hydrogens is 380 g/mol. The highest BCUT2D eigenvalue weighted by atomic mass is 16.5. The molecule has 160 valence electrons. The fourth-order valence-electron chi connectivity index (χ4n) is 4.36. The number of benzene rings is 2. The standard InChI is InChI=1S/C24H30N2O4/c1-28-21-13-8-14-22(29-2)23(21)30-16-18(27)15-26-20-12-7-6-11-19(20)25-24(26)17-9-4-3-5-10-17/h6-8,11-14,17-18,27H,3-5,9-10,15-16H2,1-2H3. The monoisotopic (exact) mass is 410 g/mol. The van der Waals surface area contributed by atoms with Crippen molar-refractivity contribution in [2.75, 3.05) is 20.8 Å². The van der Waals surface area contributed by atoms with Crippen LogP contribution >= 0.6 is 0 Å². The summed E-state index contributed by atoms with van der Waals surface area (Å²) in [5.74, 6) is 3.21. The number of aromatic nitrogens is 2. The SMILES string of the molecule is COc1cccc(OC)c1OCC(O)Cn1c(C2CCCCC2)nc2ccccc21. The zero-order chi connectivity index (χ0) is 20.9. The Bertz CT molecular complexity index is 956. The van der Waals surface area contributed by atoms with Crippen LogP contribution in [0.4, 0.5) is 0 Å². The molecule has 1 N–H and O–H groups in total. The number of hydrogen-bond acceptors (Lipinski definition) is 5. The van der Waals surface area contributed by atoms with Crippen LogP contribution in [0.3, 0.4) is 0 Å². The first-order chi connectivity index (χ1) is 14.7. The third kappa shape index (κ3) is 4.24. The van der Waals surface area contributed by atoms with Crippen molar-refractivity contribution in [3.8, 4) is 17.2 Å². The number of methoxy groups -OCH3 is 2. The van der Waals surface area contributed by atoms with Crippen LogP contribution in [0.15, 0.2) is 42.5 Å². The molecule has 1 fully saturated rings. The Balaban J connectivity index is 1.54. The van der Waals surface area contributed by atoms with E-state index in [4.69, 9.17) is 19.2 Å². The average molecular weight is 411 g/mol. The number of ether oxygens (including phenoxy) is 3. The molecule has 1 aliphatic rings. The summed E-state index contributed by atoms with van der Waals surface area (Å²) in [6, 6.07) is 13.6. The van der Waals surface area contributed by atoms with Gasteiger partial charge in [-0.25, -0.2) is 4.98 Å². The predicted molar refractivity (Wildman–Crippen MR) is 117 cm³/mol. The molecule has 0 amide bonds. The Morgan fingerprint density at radius 2 is 1.70 bits per heavy atom. The molecule has 3 aromatic rings. The summed E-state index contributed by atoms with van der Waals surface area (Å²) in [4.78, 5) is 4.93. The number of nitrogens with zero attached hydrogens (tertiary/aromatic N) is 2. The van der Waals surface area contributed by atoms with Crippen molar-refractivity contribution in [1.82, 2.24) is 9.55 Å². The maximum Gasteiger partial charge on any atom is 0.203 e. The normalized spacial score (nSPS) is 15.8. The number of para-hydroxylation sites is 3. The molecule has 6 heteroatoms. The van der Waals surface area contributed by atoms with Crippen molar-refractivity contribution in [1.29, 1.82) is 0 Å². The molecule has 1 saturated carbocycles. The van der Waals surface area contributed by atoms with Gasteiger partial charge in [-0.1, -0.05) is 37.5 Å². The van der Waals surface area contributed by atoms with Crippen LogP contribution in [0.2, 0.25) is 0 Å². The first-order valence-electron chi connectivity index (χ1n) is 10.7. The summed E-state index contributed by atoms with van der Waals surface area (Å²) in [7, 11) is 3.18. The van der Waals surface area contributed by atoms with Crippen LogP contribution in [-0.4, -0.2) is 41.6 Å². The summed E-state index contributed by atoms with van der Waals surface area (Å²) < 4.78 is 18.9. The second-order valence-corrected chi connectivity index (χ2v) is 7.86. The van der Waals surface area contributed by atoms with E-state index in [9.17, 15) is 5.11 Å². The van der Waals surface area contributed by atoms with E-state index in [1.165, 1.54) is 19.3 Å². The fourth-order valence-corrected chi connectivity index (χ4v) is 4.36. The number of aliphatic hydroxyl groups excluding tert-OH is 1. The maximum atomic E-state index is 10.8. The van der Waals surface area contributed by atoms with Gasteiger partial charge >= 0.3 is 0 Å². The second kappa shape index (κ2) is 9.39. The largest absolute Gasteiger partial charge is 0.493 e. The summed E-state index contributed by atoms with van der Waals surface area (Å²) in [5.41, 5.74) is 2.05. The topological polar surface area (TPSA) is 65.7 Å². The van der Waals surface area contributed by atoms with Gasteiger partial charge in [-0.2, -0.15) is 0 Å². The van der Waals surface area contributed by atoms with Crippen LogP contribution in [0.5, 0.6) is 17.2 Å². The molecule has 2 aromatic carbocycles. The highest BCUT2D eigenvalue weighted by molar-refractivity contribution is 5.76. The lowest BCUT2D eigenvalue weighted by Crippen LogP contribution is -2.25. The molecule has 1 aromatic heterocycles. The molecule has 1 aliphatic carbocycles. The van der Waals surface area contributed by atoms with Gasteiger partial charge in [0.05, 0.1) is 31.8 Å². The summed E-state index contributed by atoms with van der Waals surface area (Å²) in [6.45, 7) is 0.567. The van der Waals surface area contributed by atoms with E-state index in [-0.39, 0.29) is 6.61 Å². The smallest absolute Gasteiger partial charge is 0.203 e. The third-order valence-electron chi connectivity index (χ3n) is 5.85. The Kier molecular flexibility index (Phi) is 6.43. The summed E-state index contributed by atoms with van der Waals surface area (Å²) >= 11 is 0. The van der Waals surface area contributed by atoms with Crippen molar-refractivity contribution in [3.63, 3.8) is 0 Å². The zero-order valence-corrected chi connectivity index (χ0v) is 17.7. The lowest BCUT2D eigenvalue weighted by atomic mass is 9.88. The predicted octanol–water partition coefficient (Wildman–Crippen LogP) is 4.54. The van der Waals surface area contributed by atoms with Crippen molar-refractivity contribution >= 4 is 11.0 Å². The van der Waals surface area contributed by atoms with Crippen molar-refractivity contribution in [2.45, 2.75) is 50.7 Å². The van der Waals surface area contributed by atoms with Gasteiger partial charge in [0, 0.05) is 5.92 Å². The molecule has 0 radical (unpaired) electrons. The van der Waals surface area contributed by atoms with Crippen molar-refractivity contribution in [2.24, 2.45) is 0 Å². The first-order valence-corrected chi connectivity index (χ1v) is 10.7. The molecule has 1 unspecified atom stereocenters. The highest BCUT2D eigenvalue weighted by Crippen LogP contribution is 2.37. The van der Waals surface area contributed by atoms with Gasteiger partial charge in [0.25, 0.3) is 0 Å². The molecule has 6 nitrogen and oxygen atoms in total. The van der Waals surface area contributed by atoms with Gasteiger partial charge in [0.2, 0.25) is 5.75 Å². The molecule has 0 bridgehead atoms. The van der Waals surface area contributed by atoms with Crippen LogP contribution < -0.4 is 14.2 Å². The lowest BCUT2D eigenvalue weighted by Gasteiger charge is -2.23. The van der Waals surface area contributed by atoms with E-state index in [2.05, 4.69) is 10.6 Å². The maximum absolute atomic E-state index is 10.8. The number of hydrogen-bond donors (Lipinski definition) is 1. The fraction of sp³-hybridized carbons (Fsp3) is 0.458. The van der Waals surface area contributed by atoms with Crippen LogP contribution in [0.25, 0.3) is 11.0 Å². The Morgan fingerprint density at radius 3 is 2.40 bits per heavy atom. The van der Waals surface area contributed by atoms with Crippen LogP contribution in [0.1, 0.15) is 43.8 Å². The number of fused-ring (bicyclic) bond motifs is 1. The van der Waals surface area contributed by atoms with E-state index in [0.717, 1.165) is 29.7 Å². The van der Waals surface area contributed by atoms with Crippen LogP contribution in [-0.2, 0) is 6.54 Å². The third-order valence-corrected chi connectivity index (χ3v) is 5.85. The van der Waals surface area contributed by atoms with Crippen LogP contribution in [0, 0.1) is 0 Å². The number of aliphatic hydroxyl groups is 1. The molecule has 0 aliphatic heterocycles. The first kappa shape index (κ1) is 20.5. The van der Waals surface area contributed by atoms with E-state index in [1.807, 2.05) is 36.4 Å². The van der Waals surface area contributed by atoms with Gasteiger partial charge in [0.15, 0.2) is 11.5 Å². The number of imidazole rings is 1. The highest BCUT2D eigenvalue weighted by Gasteiger charge is 2.24. The Morgan fingerprint density at radius 1 is 1.00 bits per heavy atom. The minimum atomic E-state index is -0.695. The van der Waals surface area contributed by atoms with Gasteiger partial charge in [-0.15, -0.1) is 0 Å². The quantitative estimate of drug-likeness (QED) is 0.591. The van der Waals surface area contributed by atoms with E-state index in [1.54, 1.807) is 14.2 Å². The Labute approximate surface area is 177 Å². The van der Waals surface area contributed by atoms with Gasteiger partial charge in [-0.05, 0) is 37.1 Å². The molecule has 30 heavy (non-hydrogen) atoms. The second-order valence-electron chi connectivity index (χ2n) is 7.86. The van der Waals surface area contributed by atoms with Gasteiger partial charge in [-0.3, -0.25) is 0 Å². The van der Waals surface area contributed by atoms with Crippen molar-refractivity contribution in [3.05, 3.63) is 48.3 Å². The molecule has 4 rings (SSSR count). The number of rotatable bonds is 8. The lowest BCUT2D eigenvalue weighted by molar-refractivity contribution is 0.0891.